The van der Waals surface area contributed by atoms with Crippen molar-refractivity contribution in [1.29, 1.82) is 0 Å². The van der Waals surface area contributed by atoms with Gasteiger partial charge in [0.25, 0.3) is 0 Å². The molecule has 0 spiro atoms. The van der Waals surface area contributed by atoms with E-state index in [1.165, 1.54) is 6.92 Å². The summed E-state index contributed by atoms with van der Waals surface area (Å²) in [4.78, 5) is 23.8. The van der Waals surface area contributed by atoms with Crippen molar-refractivity contribution >= 4 is 11.6 Å². The number of hydrogen-bond donors (Lipinski definition) is 0. The van der Waals surface area contributed by atoms with E-state index in [1.807, 2.05) is 0 Å². The molecule has 0 aliphatic carbocycles. The van der Waals surface area contributed by atoms with E-state index in [0.717, 1.165) is 12.1 Å². The summed E-state index contributed by atoms with van der Waals surface area (Å²) < 4.78 is 37.2. The van der Waals surface area contributed by atoms with Crippen molar-refractivity contribution in [3.05, 3.63) is 34.9 Å². The molecular formula is C15H18F2O4. The molecule has 0 saturated carbocycles. The summed E-state index contributed by atoms with van der Waals surface area (Å²) in [6.07, 6.45) is -1.77. The van der Waals surface area contributed by atoms with Crippen molar-refractivity contribution in [3.8, 4) is 0 Å². The molecule has 1 aromatic rings. The average Bonchev–Trinajstić information content (AvgIpc) is 2.42. The van der Waals surface area contributed by atoms with Gasteiger partial charge >= 0.3 is 0 Å². The summed E-state index contributed by atoms with van der Waals surface area (Å²) in [5.74, 6) is -2.97. The summed E-state index contributed by atoms with van der Waals surface area (Å²) in [5.41, 5.74) is -0.352. The number of carbonyl (C=O) groups is 2. The second-order valence-corrected chi connectivity index (χ2v) is 4.39. The Hall–Kier alpha value is -1.66. The molecule has 0 aliphatic heterocycles. The first-order valence-corrected chi connectivity index (χ1v) is 6.65. The number of halogens is 2. The summed E-state index contributed by atoms with van der Waals surface area (Å²) in [6, 6.07) is 1.73. The standard InChI is InChI=1S/C15H18F2O4/c1-4-20-15(21-5-2)14(19)8-13(18)10-7-11(16)9(3)6-12(10)17/h6-7,15H,4-5,8H2,1-3H3. The Labute approximate surface area is 122 Å². The molecule has 0 aromatic heterocycles. The van der Waals surface area contributed by atoms with E-state index >= 15 is 0 Å². The lowest BCUT2D eigenvalue weighted by molar-refractivity contribution is -0.166. The second-order valence-electron chi connectivity index (χ2n) is 4.39. The summed E-state index contributed by atoms with van der Waals surface area (Å²) in [5, 5.41) is 0. The van der Waals surface area contributed by atoms with Crippen molar-refractivity contribution in [2.45, 2.75) is 33.5 Å². The van der Waals surface area contributed by atoms with Crippen LogP contribution in [0.5, 0.6) is 0 Å². The highest BCUT2D eigenvalue weighted by atomic mass is 19.1. The van der Waals surface area contributed by atoms with E-state index in [9.17, 15) is 18.4 Å². The summed E-state index contributed by atoms with van der Waals surface area (Å²) in [6.45, 7) is 5.21. The zero-order valence-corrected chi connectivity index (χ0v) is 12.2. The van der Waals surface area contributed by atoms with Gasteiger partial charge in [0.15, 0.2) is 11.6 Å². The Bertz CT molecular complexity index is 523. The molecule has 0 saturated heterocycles. The number of aryl methyl sites for hydroxylation is 1. The Morgan fingerprint density at radius 3 is 2.19 bits per heavy atom. The van der Waals surface area contributed by atoms with E-state index in [2.05, 4.69) is 0 Å². The lowest BCUT2D eigenvalue weighted by atomic mass is 10.0. The van der Waals surface area contributed by atoms with Crippen molar-refractivity contribution < 1.29 is 27.8 Å². The van der Waals surface area contributed by atoms with Gasteiger partial charge in [0, 0.05) is 13.2 Å². The highest BCUT2D eigenvalue weighted by molar-refractivity contribution is 6.09. The first-order valence-electron chi connectivity index (χ1n) is 6.65. The Morgan fingerprint density at radius 1 is 1.10 bits per heavy atom. The van der Waals surface area contributed by atoms with Crippen LogP contribution in [0.3, 0.4) is 0 Å². The van der Waals surface area contributed by atoms with Crippen LogP contribution in [0.4, 0.5) is 8.78 Å². The van der Waals surface area contributed by atoms with Gasteiger partial charge in [0.1, 0.15) is 11.6 Å². The predicted octanol–water partition coefficient (Wildman–Crippen LogP) is 2.81. The van der Waals surface area contributed by atoms with Crippen LogP contribution in [0, 0.1) is 18.6 Å². The highest BCUT2D eigenvalue weighted by Crippen LogP contribution is 2.16. The van der Waals surface area contributed by atoms with Crippen LogP contribution in [0.25, 0.3) is 0 Å². The van der Waals surface area contributed by atoms with Gasteiger partial charge in [-0.15, -0.1) is 0 Å². The monoisotopic (exact) mass is 300 g/mol. The lowest BCUT2D eigenvalue weighted by Crippen LogP contribution is -2.29. The smallest absolute Gasteiger partial charge is 0.218 e. The minimum atomic E-state index is -1.16. The molecule has 0 heterocycles. The molecule has 0 radical (unpaired) electrons. The van der Waals surface area contributed by atoms with E-state index in [4.69, 9.17) is 9.47 Å². The van der Waals surface area contributed by atoms with Gasteiger partial charge in [-0.25, -0.2) is 8.78 Å². The van der Waals surface area contributed by atoms with Gasteiger partial charge < -0.3 is 9.47 Å². The predicted molar refractivity (Wildman–Crippen MR) is 72.1 cm³/mol. The van der Waals surface area contributed by atoms with Gasteiger partial charge in [-0.2, -0.15) is 0 Å². The molecule has 0 aliphatic rings. The van der Waals surface area contributed by atoms with Crippen LogP contribution in [-0.2, 0) is 14.3 Å². The zero-order chi connectivity index (χ0) is 16.0. The number of ether oxygens (including phenoxy) is 2. The molecule has 1 rings (SSSR count). The van der Waals surface area contributed by atoms with Gasteiger partial charge in [0.05, 0.1) is 12.0 Å². The fourth-order valence-corrected chi connectivity index (χ4v) is 1.73. The van der Waals surface area contributed by atoms with Gasteiger partial charge in [0.2, 0.25) is 6.29 Å². The van der Waals surface area contributed by atoms with E-state index in [1.54, 1.807) is 13.8 Å². The van der Waals surface area contributed by atoms with Crippen LogP contribution in [0.1, 0.15) is 36.2 Å². The van der Waals surface area contributed by atoms with Gasteiger partial charge in [-0.05, 0) is 38.5 Å². The van der Waals surface area contributed by atoms with E-state index < -0.39 is 41.5 Å². The number of hydrogen-bond acceptors (Lipinski definition) is 4. The minimum absolute atomic E-state index is 0.0943. The second kappa shape index (κ2) is 7.95. The highest BCUT2D eigenvalue weighted by Gasteiger charge is 2.24. The normalized spacial score (nSPS) is 11.0. The Balaban J connectivity index is 2.85. The largest absolute Gasteiger partial charge is 0.346 e. The van der Waals surface area contributed by atoms with Crippen LogP contribution in [-0.4, -0.2) is 31.1 Å². The van der Waals surface area contributed by atoms with Crippen molar-refractivity contribution in [2.24, 2.45) is 0 Å². The van der Waals surface area contributed by atoms with Crippen LogP contribution < -0.4 is 0 Å². The van der Waals surface area contributed by atoms with Crippen LogP contribution in [0.2, 0.25) is 0 Å². The van der Waals surface area contributed by atoms with Crippen molar-refractivity contribution in [3.63, 3.8) is 0 Å². The molecule has 0 bridgehead atoms. The third-order valence-corrected chi connectivity index (χ3v) is 2.78. The Morgan fingerprint density at radius 2 is 1.67 bits per heavy atom. The van der Waals surface area contributed by atoms with Gasteiger partial charge in [-0.3, -0.25) is 9.59 Å². The van der Waals surface area contributed by atoms with Crippen LogP contribution in [0.15, 0.2) is 12.1 Å². The first-order chi connectivity index (χ1) is 9.90. The molecule has 0 fully saturated rings. The average molecular weight is 300 g/mol. The summed E-state index contributed by atoms with van der Waals surface area (Å²) >= 11 is 0. The van der Waals surface area contributed by atoms with Crippen LogP contribution >= 0.6 is 0 Å². The number of Topliss-reactive ketones (excluding diaryl/α,β-unsaturated/α-hetero) is 2. The maximum Gasteiger partial charge on any atom is 0.218 e. The molecule has 6 heteroatoms. The van der Waals surface area contributed by atoms with Gasteiger partial charge in [-0.1, -0.05) is 0 Å². The first kappa shape index (κ1) is 17.4. The maximum atomic E-state index is 13.7. The number of carbonyl (C=O) groups excluding carboxylic acids is 2. The molecule has 0 unspecified atom stereocenters. The number of ketones is 2. The molecule has 4 nitrogen and oxygen atoms in total. The molecule has 0 N–H and O–H groups in total. The molecule has 116 valence electrons. The van der Waals surface area contributed by atoms with E-state index in [0.29, 0.717) is 0 Å². The third-order valence-electron chi connectivity index (χ3n) is 2.78. The SMILES string of the molecule is CCOC(OCC)C(=O)CC(=O)c1cc(F)c(C)cc1F. The van der Waals surface area contributed by atoms with Crippen molar-refractivity contribution in [2.75, 3.05) is 13.2 Å². The quantitative estimate of drug-likeness (QED) is 0.421. The molecule has 21 heavy (non-hydrogen) atoms. The number of benzene rings is 1. The minimum Gasteiger partial charge on any atom is -0.346 e. The molecular weight excluding hydrogens is 282 g/mol. The zero-order valence-electron chi connectivity index (χ0n) is 12.2. The lowest BCUT2D eigenvalue weighted by Gasteiger charge is -2.15. The summed E-state index contributed by atoms with van der Waals surface area (Å²) in [7, 11) is 0. The van der Waals surface area contributed by atoms with Crippen molar-refractivity contribution in [1.82, 2.24) is 0 Å². The topological polar surface area (TPSA) is 52.6 Å². The molecule has 1 aromatic carbocycles. The molecule has 0 atom stereocenters. The third kappa shape index (κ3) is 4.68. The maximum absolute atomic E-state index is 13.7. The number of rotatable bonds is 8. The fourth-order valence-electron chi connectivity index (χ4n) is 1.73. The Kier molecular flexibility index (Phi) is 6.58. The van der Waals surface area contributed by atoms with E-state index in [-0.39, 0.29) is 18.8 Å². The molecule has 0 amide bonds. The fraction of sp³-hybridized carbons (Fsp3) is 0.467.